The minimum Gasteiger partial charge on any atom is -0.478 e. The van der Waals surface area contributed by atoms with Crippen LogP contribution >= 0.6 is 0 Å². The molecule has 0 unspecified atom stereocenters. The predicted octanol–water partition coefficient (Wildman–Crippen LogP) is 0.884. The summed E-state index contributed by atoms with van der Waals surface area (Å²) in [6.07, 6.45) is 0. The molecule has 14 heavy (non-hydrogen) atoms. The number of rotatable bonds is 3. The van der Waals surface area contributed by atoms with E-state index < -0.39 is 11.9 Å². The first-order valence-corrected chi connectivity index (χ1v) is 3.56. The molecule has 6 heteroatoms. The van der Waals surface area contributed by atoms with Crippen molar-refractivity contribution in [2.75, 3.05) is 5.48 Å². The molecule has 0 aliphatic heterocycles. The van der Waals surface area contributed by atoms with E-state index in [0.717, 1.165) is 18.2 Å². The monoisotopic (exact) mass is 197 g/mol. The summed E-state index contributed by atoms with van der Waals surface area (Å²) in [6.45, 7) is 0. The van der Waals surface area contributed by atoms with Gasteiger partial charge in [0.1, 0.15) is 0 Å². The van der Waals surface area contributed by atoms with Crippen LogP contribution in [0.25, 0.3) is 0 Å². The van der Waals surface area contributed by atoms with E-state index in [2.05, 4.69) is 0 Å². The van der Waals surface area contributed by atoms with Gasteiger partial charge >= 0.3 is 11.9 Å². The molecule has 4 N–H and O–H groups in total. The first kappa shape index (κ1) is 10.0. The van der Waals surface area contributed by atoms with Gasteiger partial charge in [0.2, 0.25) is 0 Å². The summed E-state index contributed by atoms with van der Waals surface area (Å²) in [7, 11) is 0. The zero-order valence-electron chi connectivity index (χ0n) is 6.89. The van der Waals surface area contributed by atoms with Gasteiger partial charge in [-0.15, -0.1) is 0 Å². The van der Waals surface area contributed by atoms with Gasteiger partial charge < -0.3 is 10.2 Å². The molecule has 0 spiro atoms. The van der Waals surface area contributed by atoms with Crippen molar-refractivity contribution in [1.29, 1.82) is 0 Å². The summed E-state index contributed by atoms with van der Waals surface area (Å²) in [5.74, 6) is -2.52. The number of hydrogen-bond donors (Lipinski definition) is 4. The van der Waals surface area contributed by atoms with Crippen LogP contribution in [-0.4, -0.2) is 27.4 Å². The highest BCUT2D eigenvalue weighted by Gasteiger charge is 2.10. The summed E-state index contributed by atoms with van der Waals surface area (Å²) >= 11 is 0. The van der Waals surface area contributed by atoms with Crippen LogP contribution in [0.1, 0.15) is 20.7 Å². The summed E-state index contributed by atoms with van der Waals surface area (Å²) in [5, 5.41) is 25.7. The number of carbonyl (C=O) groups is 2. The van der Waals surface area contributed by atoms with E-state index in [0.29, 0.717) is 0 Å². The van der Waals surface area contributed by atoms with E-state index >= 15 is 0 Å². The first-order chi connectivity index (χ1) is 6.54. The fraction of sp³-hybridized carbons (Fsp3) is 0. The Kier molecular flexibility index (Phi) is 2.68. The molecule has 0 heterocycles. The summed E-state index contributed by atoms with van der Waals surface area (Å²) in [4.78, 5) is 21.1. The maximum atomic E-state index is 10.5. The lowest BCUT2D eigenvalue weighted by Gasteiger charge is -2.02. The molecule has 0 atom stereocenters. The minimum absolute atomic E-state index is 0.0160. The lowest BCUT2D eigenvalue weighted by Crippen LogP contribution is -2.04. The second-order valence-corrected chi connectivity index (χ2v) is 2.52. The van der Waals surface area contributed by atoms with E-state index in [-0.39, 0.29) is 16.8 Å². The van der Waals surface area contributed by atoms with Gasteiger partial charge in [-0.1, -0.05) is 0 Å². The highest BCUT2D eigenvalue weighted by atomic mass is 16.5. The van der Waals surface area contributed by atoms with Crippen LogP contribution < -0.4 is 5.48 Å². The standard InChI is InChI=1S/C8H7NO5/c10-7(11)4-1-5(8(12)13)3-6(2-4)9-14/h1-3,9,14H,(H,10,11)(H,12,13). The van der Waals surface area contributed by atoms with Crippen LogP contribution in [0.3, 0.4) is 0 Å². The van der Waals surface area contributed by atoms with Gasteiger partial charge in [0.25, 0.3) is 0 Å². The third kappa shape index (κ3) is 1.99. The van der Waals surface area contributed by atoms with Crippen LogP contribution in [0, 0.1) is 0 Å². The molecule has 0 saturated carbocycles. The summed E-state index contributed by atoms with van der Waals surface area (Å²) in [6, 6.07) is 3.25. The molecule has 1 aromatic carbocycles. The second-order valence-electron chi connectivity index (χ2n) is 2.52. The number of aromatic carboxylic acids is 2. The van der Waals surface area contributed by atoms with Crippen LogP contribution in [0.4, 0.5) is 5.69 Å². The molecule has 0 amide bonds. The minimum atomic E-state index is -1.26. The topological polar surface area (TPSA) is 107 Å². The highest BCUT2D eigenvalue weighted by Crippen LogP contribution is 2.14. The average molecular weight is 197 g/mol. The molecule has 0 aliphatic carbocycles. The normalized spacial score (nSPS) is 9.50. The number of nitrogens with one attached hydrogen (secondary N) is 1. The smallest absolute Gasteiger partial charge is 0.335 e. The molecule has 0 bridgehead atoms. The molecular formula is C8H7NO5. The fourth-order valence-corrected chi connectivity index (χ4v) is 0.939. The Labute approximate surface area is 78.4 Å². The third-order valence-electron chi connectivity index (χ3n) is 1.56. The van der Waals surface area contributed by atoms with Crippen LogP contribution in [0.2, 0.25) is 0 Å². The van der Waals surface area contributed by atoms with Crippen molar-refractivity contribution >= 4 is 17.6 Å². The van der Waals surface area contributed by atoms with E-state index in [1.807, 2.05) is 0 Å². The number of carboxylic acids is 2. The molecule has 0 aromatic heterocycles. The molecule has 1 rings (SSSR count). The van der Waals surface area contributed by atoms with Crippen molar-refractivity contribution in [3.63, 3.8) is 0 Å². The Balaban J connectivity index is 3.27. The average Bonchev–Trinajstić information content (AvgIpc) is 2.16. The first-order valence-electron chi connectivity index (χ1n) is 3.56. The molecule has 74 valence electrons. The second kappa shape index (κ2) is 3.75. The van der Waals surface area contributed by atoms with Gasteiger partial charge in [-0.3, -0.25) is 10.7 Å². The summed E-state index contributed by atoms with van der Waals surface area (Å²) < 4.78 is 0. The zero-order valence-corrected chi connectivity index (χ0v) is 6.89. The van der Waals surface area contributed by atoms with Gasteiger partial charge in [0, 0.05) is 0 Å². The van der Waals surface area contributed by atoms with Crippen molar-refractivity contribution in [3.8, 4) is 0 Å². The Morgan fingerprint density at radius 3 is 1.71 bits per heavy atom. The number of benzene rings is 1. The van der Waals surface area contributed by atoms with Gasteiger partial charge in [0.15, 0.2) is 0 Å². The maximum Gasteiger partial charge on any atom is 0.335 e. The number of anilines is 1. The van der Waals surface area contributed by atoms with Gasteiger partial charge in [-0.05, 0) is 18.2 Å². The van der Waals surface area contributed by atoms with E-state index in [4.69, 9.17) is 15.4 Å². The van der Waals surface area contributed by atoms with Crippen molar-refractivity contribution in [1.82, 2.24) is 0 Å². The Bertz CT molecular complexity index is 355. The number of hydrogen-bond acceptors (Lipinski definition) is 4. The van der Waals surface area contributed by atoms with Gasteiger partial charge in [-0.25, -0.2) is 9.59 Å². The quantitative estimate of drug-likeness (QED) is 0.536. The van der Waals surface area contributed by atoms with Crippen molar-refractivity contribution < 1.29 is 25.0 Å². The van der Waals surface area contributed by atoms with Crippen LogP contribution in [0.5, 0.6) is 0 Å². The fourth-order valence-electron chi connectivity index (χ4n) is 0.939. The molecule has 0 radical (unpaired) electrons. The van der Waals surface area contributed by atoms with Gasteiger partial charge in [-0.2, -0.15) is 0 Å². The maximum absolute atomic E-state index is 10.5. The van der Waals surface area contributed by atoms with Crippen LogP contribution in [-0.2, 0) is 0 Å². The number of carboxylic acid groups (broad SMARTS) is 2. The molecule has 0 saturated heterocycles. The Morgan fingerprint density at radius 2 is 1.43 bits per heavy atom. The lowest BCUT2D eigenvalue weighted by molar-refractivity contribution is 0.0696. The predicted molar refractivity (Wildman–Crippen MR) is 45.8 cm³/mol. The largest absolute Gasteiger partial charge is 0.478 e. The SMILES string of the molecule is O=C(O)c1cc(NO)cc(C(=O)O)c1. The van der Waals surface area contributed by atoms with Crippen molar-refractivity contribution in [2.45, 2.75) is 0 Å². The van der Waals surface area contributed by atoms with Gasteiger partial charge in [0.05, 0.1) is 16.8 Å². The summed E-state index contributed by atoms with van der Waals surface area (Å²) in [5.41, 5.74) is 1.29. The molecule has 6 nitrogen and oxygen atoms in total. The Hall–Kier alpha value is -2.08. The third-order valence-corrected chi connectivity index (χ3v) is 1.56. The van der Waals surface area contributed by atoms with Crippen molar-refractivity contribution in [3.05, 3.63) is 29.3 Å². The molecular weight excluding hydrogens is 190 g/mol. The molecule has 1 aromatic rings. The zero-order chi connectivity index (χ0) is 10.7. The van der Waals surface area contributed by atoms with E-state index in [9.17, 15) is 9.59 Å². The van der Waals surface area contributed by atoms with E-state index in [1.54, 1.807) is 5.48 Å². The lowest BCUT2D eigenvalue weighted by atomic mass is 10.1. The highest BCUT2D eigenvalue weighted by molar-refractivity contribution is 5.95. The van der Waals surface area contributed by atoms with Crippen LogP contribution in [0.15, 0.2) is 18.2 Å². The molecule has 0 fully saturated rings. The van der Waals surface area contributed by atoms with E-state index in [1.165, 1.54) is 0 Å². The van der Waals surface area contributed by atoms with Crippen molar-refractivity contribution in [2.24, 2.45) is 0 Å². The Morgan fingerprint density at radius 1 is 1.00 bits per heavy atom. The molecule has 0 aliphatic rings.